The van der Waals surface area contributed by atoms with Crippen molar-refractivity contribution in [1.82, 2.24) is 15.0 Å². The summed E-state index contributed by atoms with van der Waals surface area (Å²) < 4.78 is 90.8. The van der Waals surface area contributed by atoms with Crippen LogP contribution in [-0.2, 0) is 16.0 Å². The molecule has 1 N–H and O–H groups in total. The van der Waals surface area contributed by atoms with Crippen LogP contribution in [0.1, 0.15) is 5.82 Å². The first kappa shape index (κ1) is 19.0. The third-order valence-corrected chi connectivity index (χ3v) is 4.71. The normalized spacial score (nSPS) is 12.4. The molecule has 3 aromatic rings. The first-order chi connectivity index (χ1) is 12.5. The Morgan fingerprint density at radius 3 is 2.37 bits per heavy atom. The van der Waals surface area contributed by atoms with Gasteiger partial charge in [-0.1, -0.05) is 0 Å². The Bertz CT molecular complexity index is 1110. The van der Waals surface area contributed by atoms with Crippen LogP contribution >= 0.6 is 0 Å². The zero-order chi connectivity index (χ0) is 20.0. The largest absolute Gasteiger partial charge is 0.449 e. The van der Waals surface area contributed by atoms with Gasteiger partial charge in [0.1, 0.15) is 16.5 Å². The zero-order valence-electron chi connectivity index (χ0n) is 13.5. The van der Waals surface area contributed by atoms with E-state index in [1.54, 1.807) is 0 Å². The maximum Gasteiger partial charge on any atom is 0.449 e. The number of nitrogens with zero attached hydrogens (tertiary/aromatic N) is 2. The quantitative estimate of drug-likeness (QED) is 0.675. The van der Waals surface area contributed by atoms with Gasteiger partial charge in [-0.15, -0.1) is 0 Å². The maximum atomic E-state index is 14.5. The summed E-state index contributed by atoms with van der Waals surface area (Å²) in [5.41, 5.74) is -1.22. The Kier molecular flexibility index (Phi) is 4.50. The molecule has 0 radical (unpaired) electrons. The number of pyridine rings is 1. The van der Waals surface area contributed by atoms with Gasteiger partial charge in [-0.25, -0.2) is 22.2 Å². The number of aromatic nitrogens is 3. The van der Waals surface area contributed by atoms with E-state index in [1.807, 2.05) is 4.98 Å². The summed E-state index contributed by atoms with van der Waals surface area (Å²) in [6, 6.07) is 3.76. The van der Waals surface area contributed by atoms with Gasteiger partial charge in [0, 0.05) is 29.8 Å². The number of hydrogen-bond acceptors (Lipinski definition) is 4. The molecule has 0 saturated heterocycles. The number of nitrogens with one attached hydrogen (secondary N) is 1. The summed E-state index contributed by atoms with van der Waals surface area (Å²) in [5, 5.41) is 0. The predicted molar refractivity (Wildman–Crippen MR) is 85.3 cm³/mol. The molecule has 0 spiro atoms. The molecule has 0 unspecified atom stereocenters. The molecule has 0 atom stereocenters. The van der Waals surface area contributed by atoms with Crippen LogP contribution in [0.25, 0.3) is 22.5 Å². The van der Waals surface area contributed by atoms with Crippen molar-refractivity contribution in [2.24, 2.45) is 0 Å². The average molecular weight is 403 g/mol. The van der Waals surface area contributed by atoms with Gasteiger partial charge in [0.05, 0.1) is 11.4 Å². The molecule has 0 fully saturated rings. The molecular weight excluding hydrogens is 393 g/mol. The smallest absolute Gasteiger partial charge is 0.334 e. The highest BCUT2D eigenvalue weighted by Gasteiger charge is 2.36. The van der Waals surface area contributed by atoms with Crippen molar-refractivity contribution in [3.05, 3.63) is 54.1 Å². The van der Waals surface area contributed by atoms with Crippen molar-refractivity contribution in [1.29, 1.82) is 0 Å². The molecular formula is C16H10F5N3O2S. The van der Waals surface area contributed by atoms with Gasteiger partial charge in [-0.2, -0.15) is 13.2 Å². The second-order valence-corrected chi connectivity index (χ2v) is 7.57. The van der Waals surface area contributed by atoms with E-state index in [0.29, 0.717) is 18.4 Å². The highest BCUT2D eigenvalue weighted by atomic mass is 32.2. The van der Waals surface area contributed by atoms with Crippen molar-refractivity contribution in [2.45, 2.75) is 11.1 Å². The number of rotatable bonds is 3. The molecule has 2 aromatic heterocycles. The Balaban J connectivity index is 2.29. The van der Waals surface area contributed by atoms with Crippen LogP contribution in [0.4, 0.5) is 22.0 Å². The van der Waals surface area contributed by atoms with Gasteiger partial charge >= 0.3 is 6.18 Å². The fourth-order valence-electron chi connectivity index (χ4n) is 2.42. The number of halogens is 5. The molecule has 0 saturated carbocycles. The van der Waals surface area contributed by atoms with E-state index in [1.165, 1.54) is 24.5 Å². The molecule has 1 aromatic carbocycles. The second kappa shape index (κ2) is 6.41. The number of imidazole rings is 1. The molecule has 5 nitrogen and oxygen atoms in total. The number of hydrogen-bond donors (Lipinski definition) is 1. The number of alkyl halides is 3. The standard InChI is InChI=1S/C16H10F5N3O2S/c1-27(25,26)12-6-10(17)9(5-11(12)18)14-13(8-3-2-4-22-7-8)23-15(24-14)16(19,20)21/h2-7H,1H3,(H,23,24). The number of aromatic amines is 1. The van der Waals surface area contributed by atoms with E-state index in [2.05, 4.69) is 9.97 Å². The van der Waals surface area contributed by atoms with Crippen molar-refractivity contribution in [2.75, 3.05) is 6.26 Å². The van der Waals surface area contributed by atoms with E-state index in [9.17, 15) is 30.4 Å². The fraction of sp³-hybridized carbons (Fsp3) is 0.125. The molecule has 142 valence electrons. The summed E-state index contributed by atoms with van der Waals surface area (Å²) in [6.45, 7) is 0. The molecule has 0 aliphatic rings. The van der Waals surface area contributed by atoms with Gasteiger partial charge in [0.15, 0.2) is 9.84 Å². The van der Waals surface area contributed by atoms with Gasteiger partial charge in [-0.05, 0) is 24.3 Å². The minimum Gasteiger partial charge on any atom is -0.334 e. The summed E-state index contributed by atoms with van der Waals surface area (Å²) in [7, 11) is -4.07. The van der Waals surface area contributed by atoms with Crippen LogP contribution in [0.15, 0.2) is 41.6 Å². The van der Waals surface area contributed by atoms with Crippen LogP contribution in [0, 0.1) is 11.6 Å². The van der Waals surface area contributed by atoms with Crippen molar-refractivity contribution in [3.63, 3.8) is 0 Å². The third kappa shape index (κ3) is 3.68. The third-order valence-electron chi connectivity index (χ3n) is 3.60. The Morgan fingerprint density at radius 1 is 1.11 bits per heavy atom. The summed E-state index contributed by atoms with van der Waals surface area (Å²) >= 11 is 0. The molecule has 0 amide bonds. The van der Waals surface area contributed by atoms with E-state index < -0.39 is 49.6 Å². The summed E-state index contributed by atoms with van der Waals surface area (Å²) in [4.78, 5) is 8.26. The van der Waals surface area contributed by atoms with Crippen LogP contribution in [0.3, 0.4) is 0 Å². The topological polar surface area (TPSA) is 75.7 Å². The zero-order valence-corrected chi connectivity index (χ0v) is 14.3. The lowest BCUT2D eigenvalue weighted by molar-refractivity contribution is -0.144. The van der Waals surface area contributed by atoms with E-state index in [4.69, 9.17) is 0 Å². The second-order valence-electron chi connectivity index (χ2n) is 5.58. The van der Waals surface area contributed by atoms with Crippen LogP contribution in [-0.4, -0.2) is 29.6 Å². The number of H-pyrrole nitrogens is 1. The van der Waals surface area contributed by atoms with Gasteiger partial charge in [-0.3, -0.25) is 4.98 Å². The van der Waals surface area contributed by atoms with Crippen molar-refractivity contribution in [3.8, 4) is 22.5 Å². The van der Waals surface area contributed by atoms with E-state index in [-0.39, 0.29) is 11.3 Å². The maximum absolute atomic E-state index is 14.5. The Labute approximate surface area is 149 Å². The lowest BCUT2D eigenvalue weighted by atomic mass is 10.1. The Morgan fingerprint density at radius 2 is 1.81 bits per heavy atom. The van der Waals surface area contributed by atoms with Gasteiger partial charge in [0.25, 0.3) is 0 Å². The molecule has 3 rings (SSSR count). The molecule has 0 bridgehead atoms. The molecule has 11 heteroatoms. The lowest BCUT2D eigenvalue weighted by Gasteiger charge is -2.08. The van der Waals surface area contributed by atoms with Crippen molar-refractivity contribution < 1.29 is 30.4 Å². The minimum atomic E-state index is -4.86. The fourth-order valence-corrected chi connectivity index (χ4v) is 3.15. The van der Waals surface area contributed by atoms with Crippen molar-refractivity contribution >= 4 is 9.84 Å². The first-order valence-corrected chi connectivity index (χ1v) is 9.14. The molecule has 0 aliphatic carbocycles. The summed E-state index contributed by atoms with van der Waals surface area (Å²) in [6.07, 6.45) is -1.60. The Hall–Kier alpha value is -2.82. The lowest BCUT2D eigenvalue weighted by Crippen LogP contribution is -2.07. The highest BCUT2D eigenvalue weighted by Crippen LogP contribution is 2.37. The minimum absolute atomic E-state index is 0.131. The van der Waals surface area contributed by atoms with E-state index >= 15 is 0 Å². The molecule has 27 heavy (non-hydrogen) atoms. The predicted octanol–water partition coefficient (Wildman–Crippen LogP) is 3.84. The monoisotopic (exact) mass is 403 g/mol. The number of benzene rings is 1. The highest BCUT2D eigenvalue weighted by molar-refractivity contribution is 7.90. The van der Waals surface area contributed by atoms with E-state index in [0.717, 1.165) is 0 Å². The average Bonchev–Trinajstić information content (AvgIpc) is 3.02. The molecule has 2 heterocycles. The first-order valence-electron chi connectivity index (χ1n) is 7.25. The number of sulfone groups is 1. The van der Waals surface area contributed by atoms with Crippen LogP contribution in [0.5, 0.6) is 0 Å². The van der Waals surface area contributed by atoms with Gasteiger partial charge < -0.3 is 4.98 Å². The van der Waals surface area contributed by atoms with Crippen LogP contribution < -0.4 is 0 Å². The van der Waals surface area contributed by atoms with Crippen LogP contribution in [0.2, 0.25) is 0 Å². The molecule has 0 aliphatic heterocycles. The summed E-state index contributed by atoms with van der Waals surface area (Å²) in [5.74, 6) is -3.93. The SMILES string of the molecule is CS(=O)(=O)c1cc(F)c(-c2[nH]c(C(F)(F)F)nc2-c2cccnc2)cc1F. The van der Waals surface area contributed by atoms with Gasteiger partial charge in [0.2, 0.25) is 5.82 Å².